The second-order valence-electron chi connectivity index (χ2n) is 8.80. The van der Waals surface area contributed by atoms with E-state index in [2.05, 4.69) is 1040 Å². The first-order chi connectivity index (χ1) is 50.5. The van der Waals surface area contributed by atoms with E-state index in [9.17, 15) is 0 Å². The van der Waals surface area contributed by atoms with Crippen molar-refractivity contribution in [3.05, 3.63) is 0 Å². The minimum absolute atomic E-state index is 0.425. The third-order valence-corrected chi connectivity index (χ3v) is 8840. The van der Waals surface area contributed by atoms with Gasteiger partial charge in [0.25, 0.3) is 0 Å². The van der Waals surface area contributed by atoms with Crippen LogP contribution in [0.2, 0.25) is 0 Å². The van der Waals surface area contributed by atoms with Crippen LogP contribution in [0.15, 0.2) is 0 Å². The molecule has 0 N–H and O–H groups in total. The zero-order valence-corrected chi connectivity index (χ0v) is 281. The van der Waals surface area contributed by atoms with Gasteiger partial charge in [0, 0.05) is 0 Å². The van der Waals surface area contributed by atoms with Gasteiger partial charge in [0.05, 0.1) is 0 Å². The van der Waals surface area contributed by atoms with Gasteiger partial charge in [0.2, 0.25) is 0 Å². The summed E-state index contributed by atoms with van der Waals surface area (Å²) in [7, 11) is -33.5. The van der Waals surface area contributed by atoms with Gasteiger partial charge in [-0.3, -0.25) is 0 Å². The van der Waals surface area contributed by atoms with Crippen molar-refractivity contribution in [1.82, 2.24) is 0 Å². The molecule has 0 nitrogen and oxygen atoms in total. The van der Waals surface area contributed by atoms with Crippen molar-refractivity contribution in [3.8, 4) is 0 Å². The molecule has 0 aliphatic rings. The van der Waals surface area contributed by atoms with Crippen molar-refractivity contribution in [1.29, 1.82) is 0 Å². The zero-order chi connectivity index (χ0) is 87.9. The average Bonchev–Trinajstić information content (AvgIpc) is 0.822. The predicted octanol–water partition coefficient (Wildman–Crippen LogP) is 94.4. The standard InChI is InChI=1S/I111/c1-57-59(4)61(6)63(8)65(10)67(12)69(14)71(16)73(18)75(20)77(22)79(24)81(26)83(28)85(30)87(32)89(34)91(36)93(38)95(40)97(42)99(44)101(46)103(48)105(50)107(52)109(54)111(56)110(55)108(53)106(51)104(49)102(47)100(45)98(43)96(41)94(39)92(37)90(35)88(33)86(31)84(29)82(27)80(25)78(23)76(21)74(19)72(17)70(15)68(13)66(11)64(9)62(7)60(5)58(2)3/q-1. The van der Waals surface area contributed by atoms with Gasteiger partial charge in [-0.2, -0.15) is 0 Å². The quantitative estimate of drug-likeness (QED) is 0.0533. The minimum atomic E-state index is -0.669. The molecule has 111 heavy (non-hydrogen) atoms. The Bertz CT molecular complexity index is 2350. The van der Waals surface area contributed by atoms with E-state index >= 15 is 0 Å². The third kappa shape index (κ3) is 78.4. The summed E-state index contributed by atoms with van der Waals surface area (Å²) in [6, 6.07) is 0. The average molecular weight is 14100 g/mol. The van der Waals surface area contributed by atoms with Gasteiger partial charge in [-0.1, -0.05) is 0 Å². The normalized spacial score (nSPS) is 19.2. The first-order valence-corrected chi connectivity index (χ1v) is 707. The van der Waals surface area contributed by atoms with Crippen LogP contribution in [0.25, 0.3) is 0 Å². The summed E-state index contributed by atoms with van der Waals surface area (Å²) in [6.45, 7) is 0. The number of hydrogen-bond donors (Lipinski definition) is 0. The predicted molar refractivity (Wildman–Crippen MR) is 1540 cm³/mol. The van der Waals surface area contributed by atoms with Gasteiger partial charge in [-0.25, -0.2) is 0 Å². The zero-order valence-electron chi connectivity index (χ0n) is 42.0. The molecular weight excluding hydrogens is 14100 g/mol. The molecule has 0 aromatic heterocycles. The summed E-state index contributed by atoms with van der Waals surface area (Å²) in [5.41, 5.74) is 0. The first kappa shape index (κ1) is 192. The Hall–Kier alpha value is 81.0. The fourth-order valence-corrected chi connectivity index (χ4v) is 22000. The van der Waals surface area contributed by atoms with E-state index in [1.165, 1.54) is 0 Å². The van der Waals surface area contributed by atoms with Crippen LogP contribution < -0.4 is 13.3 Å². The number of halogens is 111. The van der Waals surface area contributed by atoms with Crippen LogP contribution in [0.1, 0.15) is 0 Å². The van der Waals surface area contributed by atoms with Gasteiger partial charge in [-0.15, -0.1) is 0 Å². The molecule has 778 valence electrons. The van der Waals surface area contributed by atoms with E-state index in [0.717, 1.165) is 0 Å². The molecule has 0 saturated carbocycles. The summed E-state index contributed by atoms with van der Waals surface area (Å²) in [6.07, 6.45) is 0. The van der Waals surface area contributed by atoms with Crippen LogP contribution in [0.3, 0.4) is 0 Å². The van der Waals surface area contributed by atoms with Gasteiger partial charge >= 0.3 is 1480 Å². The van der Waals surface area contributed by atoms with E-state index in [0.29, 0.717) is 13.3 Å². The molecule has 0 bridgehead atoms. The van der Waals surface area contributed by atoms with Crippen LogP contribution in [0, 0.1) is 0 Å². The van der Waals surface area contributed by atoms with Gasteiger partial charge in [0.15, 0.2) is 0 Å². The molecule has 0 radical (unpaired) electrons. The summed E-state index contributed by atoms with van der Waals surface area (Å²) >= 11 is 191. The molecule has 0 unspecified atom stereocenters. The van der Waals surface area contributed by atoms with Crippen molar-refractivity contribution < 1.29 is 13.3 Å². The van der Waals surface area contributed by atoms with E-state index in [-0.39, 0.29) is 0 Å². The Morgan fingerprint density at radius 2 is 0.135 bits per heavy atom. The van der Waals surface area contributed by atoms with Crippen LogP contribution in [-0.4, -0.2) is 0 Å². The van der Waals surface area contributed by atoms with Crippen LogP contribution in [0.5, 0.6) is 0 Å². The molecule has 0 heterocycles. The van der Waals surface area contributed by atoms with Crippen molar-refractivity contribution in [2.24, 2.45) is 0 Å². The van der Waals surface area contributed by atoms with Crippen LogP contribution in [-0.2, 0) is 0 Å². The Balaban J connectivity index is 5.93. The molecule has 0 aliphatic carbocycles. The van der Waals surface area contributed by atoms with Gasteiger partial charge in [0.1, 0.15) is 0 Å². The summed E-state index contributed by atoms with van der Waals surface area (Å²) in [5.74, 6) is 0. The van der Waals surface area contributed by atoms with Crippen LogP contribution in [0.4, 0.5) is 0 Å². The van der Waals surface area contributed by atoms with E-state index < -0.39 is 426 Å². The molecule has 111 heteroatoms. The molecule has 0 aliphatic heterocycles. The third-order valence-electron chi connectivity index (χ3n) is 4.37. The number of hydrogen-bond acceptors (Lipinski definition) is 0. The van der Waals surface area contributed by atoms with Gasteiger partial charge < -0.3 is 0 Å². The topological polar surface area (TPSA) is 0 Å². The van der Waals surface area contributed by atoms with Crippen molar-refractivity contribution in [2.75, 3.05) is 0 Å². The van der Waals surface area contributed by atoms with Crippen LogP contribution >= 0.6 is 1470 Å². The van der Waals surface area contributed by atoms with Crippen molar-refractivity contribution in [3.63, 3.8) is 0 Å². The molecule has 0 rings (SSSR count). The summed E-state index contributed by atoms with van der Waals surface area (Å²) < 4.78 is 0. The maximum atomic E-state index is 3.49. The Labute approximate surface area is 1390 Å². The van der Waals surface area contributed by atoms with Crippen molar-refractivity contribution in [2.45, 2.75) is 0 Å². The summed E-state index contributed by atoms with van der Waals surface area (Å²) in [5, 5.41) is 0. The summed E-state index contributed by atoms with van der Waals surface area (Å²) in [4.78, 5) is 0. The second-order valence-corrected chi connectivity index (χ2v) is 2660. The first-order valence-electron chi connectivity index (χ1n) is 15.7. The molecule has 0 fully saturated rings. The Morgan fingerprint density at radius 1 is 0.0811 bits per heavy atom. The fraction of sp³-hybridized carbons (Fsp3) is 0. The van der Waals surface area contributed by atoms with Crippen molar-refractivity contribution >= 4 is 1470 Å². The monoisotopic (exact) mass is 14100 g/mol. The molecule has 0 saturated heterocycles. The van der Waals surface area contributed by atoms with E-state index in [1.807, 2.05) is 0 Å². The Morgan fingerprint density at radius 3 is 0.189 bits per heavy atom. The number of rotatable bonds is 54. The van der Waals surface area contributed by atoms with E-state index in [4.69, 9.17) is 0 Å². The Kier molecular flexibility index (Phi) is 200. The SMILES string of the molecule is I[I-]I(I)I(I)I(I)I(I)I(I)I(I)I(I)I(I)I(I)I(I)I(I)I(I)I(I)I(I)I(I)I(I)I(I)I(I)I(I)I(I)I(I)I(I)I(I)I(I)I(I)I(I)I(I)I(I)I(I)I(I)I(I)I(I)I(I)I(I)I(I)I(I)I(I)I(I)I(I)I(I)I(I)I(I)I(I)I(I)I(I)I(I)I(I)I(I)I(I)I(I)I(I)I(I)I(I)I(I)I. The molecule has 0 aromatic rings. The fourth-order valence-electron chi connectivity index (χ4n) is 1.62. The molecule has 0 amide bonds. The second kappa shape index (κ2) is 116. The molecule has 0 spiro atoms. The van der Waals surface area contributed by atoms with Gasteiger partial charge in [-0.05, 0) is 0 Å². The maximum absolute atomic E-state index is 3.49. The van der Waals surface area contributed by atoms with E-state index in [1.54, 1.807) is 0 Å². The molecule has 0 aromatic carbocycles. The molecule has 0 atom stereocenters. The molecular formula is I111-.